The number of nitrogens with one attached hydrogen (secondary N) is 1. The van der Waals surface area contributed by atoms with Gasteiger partial charge in [0, 0.05) is 18.1 Å². The summed E-state index contributed by atoms with van der Waals surface area (Å²) in [6, 6.07) is 8.05. The lowest BCUT2D eigenvalue weighted by molar-refractivity contribution is 0.145. The van der Waals surface area contributed by atoms with Gasteiger partial charge >= 0.3 is 0 Å². The highest BCUT2D eigenvalue weighted by molar-refractivity contribution is 5.96. The number of aromatic nitrogens is 1. The van der Waals surface area contributed by atoms with E-state index in [1.54, 1.807) is 6.20 Å². The van der Waals surface area contributed by atoms with Crippen LogP contribution in [0.4, 0.5) is 11.4 Å². The van der Waals surface area contributed by atoms with Gasteiger partial charge in [0.15, 0.2) is 0 Å². The molecule has 1 aliphatic carbocycles. The van der Waals surface area contributed by atoms with E-state index in [2.05, 4.69) is 17.2 Å². The summed E-state index contributed by atoms with van der Waals surface area (Å²) in [5, 5.41) is 4.58. The predicted octanol–water partition coefficient (Wildman–Crippen LogP) is 3.81. The molecule has 100 valence electrons. The van der Waals surface area contributed by atoms with Crippen molar-refractivity contribution in [1.82, 2.24) is 4.98 Å². The fraction of sp³-hybridized carbons (Fsp3) is 0.438. The van der Waals surface area contributed by atoms with Gasteiger partial charge in [-0.2, -0.15) is 0 Å². The first kappa shape index (κ1) is 12.3. The number of hydrogen-bond acceptors (Lipinski definition) is 3. The first-order valence-corrected chi connectivity index (χ1v) is 7.11. The summed E-state index contributed by atoms with van der Waals surface area (Å²) >= 11 is 0. The molecule has 0 unspecified atom stereocenters. The van der Waals surface area contributed by atoms with Gasteiger partial charge in [-0.05, 0) is 48.9 Å². The summed E-state index contributed by atoms with van der Waals surface area (Å²) < 4.78 is 0. The lowest BCUT2D eigenvalue weighted by atomic mass is 9.67. The second-order valence-electron chi connectivity index (χ2n) is 5.66. The third-order valence-corrected chi connectivity index (χ3v) is 4.64. The monoisotopic (exact) mass is 255 g/mol. The van der Waals surface area contributed by atoms with Crippen LogP contribution in [0.3, 0.4) is 0 Å². The van der Waals surface area contributed by atoms with Gasteiger partial charge in [-0.1, -0.05) is 13.3 Å². The summed E-state index contributed by atoms with van der Waals surface area (Å²) in [6.45, 7) is 3.31. The number of anilines is 2. The van der Waals surface area contributed by atoms with Crippen LogP contribution in [0.5, 0.6) is 0 Å². The maximum absolute atomic E-state index is 6.25. The van der Waals surface area contributed by atoms with E-state index in [4.69, 9.17) is 5.73 Å². The van der Waals surface area contributed by atoms with E-state index in [0.717, 1.165) is 28.8 Å². The second-order valence-corrected chi connectivity index (χ2v) is 5.66. The normalized spacial score (nSPS) is 17.1. The smallest absolute Gasteiger partial charge is 0.0724 e. The van der Waals surface area contributed by atoms with Crippen molar-refractivity contribution in [3.8, 4) is 0 Å². The van der Waals surface area contributed by atoms with Gasteiger partial charge in [-0.15, -0.1) is 0 Å². The number of hydrogen-bond donors (Lipinski definition) is 2. The second kappa shape index (κ2) is 4.72. The number of rotatable bonds is 4. The van der Waals surface area contributed by atoms with Crippen molar-refractivity contribution in [3.63, 3.8) is 0 Å². The number of pyridine rings is 1. The summed E-state index contributed by atoms with van der Waals surface area (Å²) in [5.74, 6) is 0. The SMILES string of the molecule is CCC1(CNc2ccc3ncccc3c2N)CCC1. The molecule has 0 amide bonds. The van der Waals surface area contributed by atoms with Crippen molar-refractivity contribution in [2.24, 2.45) is 5.41 Å². The average Bonchev–Trinajstić information content (AvgIpc) is 2.40. The van der Waals surface area contributed by atoms with E-state index in [1.165, 1.54) is 25.7 Å². The molecule has 1 aliphatic rings. The molecule has 3 heteroatoms. The average molecular weight is 255 g/mol. The summed E-state index contributed by atoms with van der Waals surface area (Å²) in [5.41, 5.74) is 9.56. The highest BCUT2D eigenvalue weighted by atomic mass is 14.9. The Morgan fingerprint density at radius 1 is 1.32 bits per heavy atom. The molecule has 1 aromatic carbocycles. The van der Waals surface area contributed by atoms with Gasteiger partial charge in [0.1, 0.15) is 0 Å². The van der Waals surface area contributed by atoms with E-state index >= 15 is 0 Å². The Morgan fingerprint density at radius 2 is 2.16 bits per heavy atom. The predicted molar refractivity (Wildman–Crippen MR) is 81.2 cm³/mol. The standard InChI is InChI=1S/C16H21N3/c1-2-16(8-4-9-16)11-19-14-7-6-13-12(15(14)17)5-3-10-18-13/h3,5-7,10,19H,2,4,8-9,11,17H2,1H3. The van der Waals surface area contributed by atoms with Crippen LogP contribution in [-0.4, -0.2) is 11.5 Å². The highest BCUT2D eigenvalue weighted by Crippen LogP contribution is 2.44. The van der Waals surface area contributed by atoms with E-state index < -0.39 is 0 Å². The van der Waals surface area contributed by atoms with Crippen LogP contribution < -0.4 is 11.1 Å². The zero-order chi connectivity index (χ0) is 13.3. The lowest BCUT2D eigenvalue weighted by Crippen LogP contribution is -2.35. The van der Waals surface area contributed by atoms with Crippen molar-refractivity contribution < 1.29 is 0 Å². The molecule has 1 fully saturated rings. The minimum atomic E-state index is 0.496. The zero-order valence-electron chi connectivity index (χ0n) is 11.4. The molecule has 2 aromatic rings. The summed E-state index contributed by atoms with van der Waals surface area (Å²) in [7, 11) is 0. The zero-order valence-corrected chi connectivity index (χ0v) is 11.4. The van der Waals surface area contributed by atoms with Gasteiger partial charge < -0.3 is 11.1 Å². The van der Waals surface area contributed by atoms with Crippen LogP contribution >= 0.6 is 0 Å². The molecule has 1 heterocycles. The van der Waals surface area contributed by atoms with Crippen LogP contribution in [0, 0.1) is 5.41 Å². The van der Waals surface area contributed by atoms with Crippen molar-refractivity contribution in [1.29, 1.82) is 0 Å². The molecule has 19 heavy (non-hydrogen) atoms. The molecule has 3 rings (SSSR count). The number of fused-ring (bicyclic) bond motifs is 1. The Bertz CT molecular complexity index is 582. The topological polar surface area (TPSA) is 50.9 Å². The van der Waals surface area contributed by atoms with E-state index in [1.807, 2.05) is 24.3 Å². The largest absolute Gasteiger partial charge is 0.397 e. The third kappa shape index (κ3) is 2.14. The number of nitrogens with two attached hydrogens (primary N) is 1. The van der Waals surface area contributed by atoms with E-state index in [9.17, 15) is 0 Å². The summed E-state index contributed by atoms with van der Waals surface area (Å²) in [6.07, 6.45) is 7.09. The Morgan fingerprint density at radius 3 is 2.84 bits per heavy atom. The molecule has 0 bridgehead atoms. The number of benzene rings is 1. The first-order chi connectivity index (χ1) is 9.24. The van der Waals surface area contributed by atoms with Crippen molar-refractivity contribution in [2.45, 2.75) is 32.6 Å². The van der Waals surface area contributed by atoms with Crippen LogP contribution in [0.1, 0.15) is 32.6 Å². The Hall–Kier alpha value is -1.77. The number of nitrogen functional groups attached to an aromatic ring is 1. The quantitative estimate of drug-likeness (QED) is 0.817. The Kier molecular flexibility index (Phi) is 3.05. The van der Waals surface area contributed by atoms with Gasteiger partial charge in [0.2, 0.25) is 0 Å². The first-order valence-electron chi connectivity index (χ1n) is 7.11. The lowest BCUT2D eigenvalue weighted by Gasteiger charge is -2.41. The van der Waals surface area contributed by atoms with Crippen molar-refractivity contribution in [2.75, 3.05) is 17.6 Å². The van der Waals surface area contributed by atoms with Crippen molar-refractivity contribution >= 4 is 22.3 Å². The molecule has 0 aliphatic heterocycles. The molecule has 3 N–H and O–H groups in total. The molecule has 0 saturated heterocycles. The van der Waals surface area contributed by atoms with Gasteiger partial charge in [-0.3, -0.25) is 4.98 Å². The van der Waals surface area contributed by atoms with Crippen LogP contribution in [0.25, 0.3) is 10.9 Å². The van der Waals surface area contributed by atoms with E-state index in [-0.39, 0.29) is 0 Å². The minimum Gasteiger partial charge on any atom is -0.397 e. The van der Waals surface area contributed by atoms with E-state index in [0.29, 0.717) is 5.41 Å². The fourth-order valence-corrected chi connectivity index (χ4v) is 2.94. The molecule has 1 saturated carbocycles. The van der Waals surface area contributed by atoms with Crippen molar-refractivity contribution in [3.05, 3.63) is 30.5 Å². The molecule has 0 spiro atoms. The van der Waals surface area contributed by atoms with Gasteiger partial charge in [0.05, 0.1) is 16.9 Å². The maximum atomic E-state index is 6.25. The molecular formula is C16H21N3. The molecular weight excluding hydrogens is 234 g/mol. The fourth-order valence-electron chi connectivity index (χ4n) is 2.94. The van der Waals surface area contributed by atoms with Crippen LogP contribution in [0.2, 0.25) is 0 Å². The maximum Gasteiger partial charge on any atom is 0.0724 e. The highest BCUT2D eigenvalue weighted by Gasteiger charge is 2.34. The van der Waals surface area contributed by atoms with Gasteiger partial charge in [0.25, 0.3) is 0 Å². The molecule has 0 atom stereocenters. The molecule has 0 radical (unpaired) electrons. The van der Waals surface area contributed by atoms with Gasteiger partial charge in [-0.25, -0.2) is 0 Å². The van der Waals surface area contributed by atoms with Crippen LogP contribution in [-0.2, 0) is 0 Å². The number of nitrogens with zero attached hydrogens (tertiary/aromatic N) is 1. The molecule has 1 aromatic heterocycles. The van der Waals surface area contributed by atoms with Crippen LogP contribution in [0.15, 0.2) is 30.5 Å². The Balaban J connectivity index is 1.83. The molecule has 3 nitrogen and oxygen atoms in total. The Labute approximate surface area is 114 Å². The minimum absolute atomic E-state index is 0.496. The third-order valence-electron chi connectivity index (χ3n) is 4.64. The summed E-state index contributed by atoms with van der Waals surface area (Å²) in [4.78, 5) is 4.33.